The predicted octanol–water partition coefficient (Wildman–Crippen LogP) is 1.62. The van der Waals surface area contributed by atoms with Gasteiger partial charge in [0.25, 0.3) is 0 Å². The van der Waals surface area contributed by atoms with Crippen molar-refractivity contribution >= 4 is 0 Å². The Morgan fingerprint density at radius 2 is 2.00 bits per heavy atom. The van der Waals surface area contributed by atoms with Crippen LogP contribution in [0.15, 0.2) is 29.1 Å². The van der Waals surface area contributed by atoms with Crippen molar-refractivity contribution in [3.63, 3.8) is 0 Å². The van der Waals surface area contributed by atoms with E-state index in [1.165, 1.54) is 4.57 Å². The van der Waals surface area contributed by atoms with Crippen LogP contribution in [-0.2, 0) is 0 Å². The van der Waals surface area contributed by atoms with Gasteiger partial charge >= 0.3 is 5.69 Å². The molecule has 1 atom stereocenters. The van der Waals surface area contributed by atoms with E-state index in [1.807, 2.05) is 0 Å². The Kier molecular flexibility index (Phi) is 4.24. The fourth-order valence-electron chi connectivity index (χ4n) is 2.15. The van der Waals surface area contributed by atoms with Gasteiger partial charge in [-0.05, 0) is 36.6 Å². The molecule has 3 N–H and O–H groups in total. The SMILES string of the molecule is COc1ccc(-n2c([C@@H](N)CC(C)C)n[nH]c2=O)cc1. The van der Waals surface area contributed by atoms with Gasteiger partial charge in [0, 0.05) is 0 Å². The third-order valence-corrected chi connectivity index (χ3v) is 3.09. The van der Waals surface area contributed by atoms with Crippen molar-refractivity contribution in [3.8, 4) is 11.4 Å². The number of H-pyrrole nitrogens is 1. The maximum absolute atomic E-state index is 11.9. The fourth-order valence-corrected chi connectivity index (χ4v) is 2.15. The number of nitrogens with two attached hydrogens (primary N) is 1. The number of nitrogens with one attached hydrogen (secondary N) is 1. The topological polar surface area (TPSA) is 85.9 Å². The van der Waals surface area contributed by atoms with Gasteiger partial charge in [-0.3, -0.25) is 0 Å². The number of hydrogen-bond acceptors (Lipinski definition) is 4. The fraction of sp³-hybridized carbons (Fsp3) is 0.429. The zero-order valence-corrected chi connectivity index (χ0v) is 12.0. The average Bonchev–Trinajstić information content (AvgIpc) is 2.80. The second-order valence-electron chi connectivity index (χ2n) is 5.16. The number of aromatic amines is 1. The van der Waals surface area contributed by atoms with Gasteiger partial charge in [-0.1, -0.05) is 13.8 Å². The highest BCUT2D eigenvalue weighted by molar-refractivity contribution is 5.38. The van der Waals surface area contributed by atoms with Crippen LogP contribution in [0.5, 0.6) is 5.75 Å². The van der Waals surface area contributed by atoms with Crippen LogP contribution in [0.25, 0.3) is 5.69 Å². The minimum atomic E-state index is -0.288. The highest BCUT2D eigenvalue weighted by atomic mass is 16.5. The van der Waals surface area contributed by atoms with Crippen molar-refractivity contribution in [1.82, 2.24) is 14.8 Å². The van der Waals surface area contributed by atoms with Crippen LogP contribution in [0, 0.1) is 5.92 Å². The second kappa shape index (κ2) is 5.92. The first kappa shape index (κ1) is 14.3. The molecule has 2 rings (SSSR count). The lowest BCUT2D eigenvalue weighted by Gasteiger charge is -2.14. The number of aromatic nitrogens is 3. The summed E-state index contributed by atoms with van der Waals surface area (Å²) < 4.78 is 6.62. The Morgan fingerprint density at radius 3 is 2.55 bits per heavy atom. The molecule has 2 aromatic rings. The van der Waals surface area contributed by atoms with E-state index >= 15 is 0 Å². The Bertz CT molecular complexity index is 613. The van der Waals surface area contributed by atoms with Crippen molar-refractivity contribution in [2.45, 2.75) is 26.3 Å². The van der Waals surface area contributed by atoms with Crippen LogP contribution in [0.4, 0.5) is 0 Å². The van der Waals surface area contributed by atoms with Gasteiger partial charge in [-0.15, -0.1) is 0 Å². The highest BCUT2D eigenvalue weighted by Gasteiger charge is 2.18. The molecule has 0 saturated heterocycles. The average molecular weight is 276 g/mol. The molecular formula is C14H20N4O2. The summed E-state index contributed by atoms with van der Waals surface area (Å²) in [7, 11) is 1.60. The van der Waals surface area contributed by atoms with E-state index in [2.05, 4.69) is 24.0 Å². The number of ether oxygens (including phenoxy) is 1. The molecule has 20 heavy (non-hydrogen) atoms. The van der Waals surface area contributed by atoms with Crippen molar-refractivity contribution in [1.29, 1.82) is 0 Å². The van der Waals surface area contributed by atoms with E-state index in [4.69, 9.17) is 10.5 Å². The third-order valence-electron chi connectivity index (χ3n) is 3.09. The Labute approximate surface area is 117 Å². The summed E-state index contributed by atoms with van der Waals surface area (Å²) in [5, 5.41) is 6.52. The summed E-state index contributed by atoms with van der Waals surface area (Å²) >= 11 is 0. The molecule has 0 unspecified atom stereocenters. The smallest absolute Gasteiger partial charge is 0.347 e. The first-order valence-corrected chi connectivity index (χ1v) is 6.60. The first-order valence-electron chi connectivity index (χ1n) is 6.60. The standard InChI is InChI=1S/C14H20N4O2/c1-9(2)8-12(15)13-16-17-14(19)18(13)10-4-6-11(20-3)7-5-10/h4-7,9,12H,8,15H2,1-3H3,(H,17,19)/t12-/m0/s1. The molecular weight excluding hydrogens is 256 g/mol. The molecule has 1 aromatic heterocycles. The van der Waals surface area contributed by atoms with Gasteiger partial charge < -0.3 is 10.5 Å². The molecule has 1 aromatic carbocycles. The van der Waals surface area contributed by atoms with Crippen LogP contribution in [0.1, 0.15) is 32.1 Å². The zero-order chi connectivity index (χ0) is 14.7. The lowest BCUT2D eigenvalue weighted by atomic mass is 10.0. The van der Waals surface area contributed by atoms with Crippen LogP contribution in [-0.4, -0.2) is 21.9 Å². The molecule has 0 radical (unpaired) electrons. The largest absolute Gasteiger partial charge is 0.497 e. The maximum Gasteiger partial charge on any atom is 0.347 e. The van der Waals surface area contributed by atoms with Crippen LogP contribution < -0.4 is 16.2 Å². The number of benzene rings is 1. The Hall–Kier alpha value is -2.08. The Balaban J connectivity index is 2.40. The summed E-state index contributed by atoms with van der Waals surface area (Å²) in [6.07, 6.45) is 0.764. The van der Waals surface area contributed by atoms with E-state index in [0.29, 0.717) is 11.7 Å². The maximum atomic E-state index is 11.9. The van der Waals surface area contributed by atoms with E-state index in [9.17, 15) is 4.79 Å². The lowest BCUT2D eigenvalue weighted by Crippen LogP contribution is -2.22. The first-order chi connectivity index (χ1) is 9.52. The van der Waals surface area contributed by atoms with E-state index in [1.54, 1.807) is 31.4 Å². The van der Waals surface area contributed by atoms with Gasteiger partial charge in [-0.25, -0.2) is 14.5 Å². The lowest BCUT2D eigenvalue weighted by molar-refractivity contribution is 0.414. The van der Waals surface area contributed by atoms with Crippen molar-refractivity contribution in [2.24, 2.45) is 11.7 Å². The van der Waals surface area contributed by atoms with Gasteiger partial charge in [0.1, 0.15) is 5.75 Å². The van der Waals surface area contributed by atoms with Crippen molar-refractivity contribution < 1.29 is 4.74 Å². The number of rotatable bonds is 5. The van der Waals surface area contributed by atoms with E-state index in [0.717, 1.165) is 17.9 Å². The van der Waals surface area contributed by atoms with Gasteiger partial charge in [0.2, 0.25) is 0 Å². The molecule has 0 aliphatic heterocycles. The van der Waals surface area contributed by atoms with Crippen LogP contribution in [0.3, 0.4) is 0 Å². The minimum Gasteiger partial charge on any atom is -0.497 e. The third kappa shape index (κ3) is 2.91. The molecule has 0 fully saturated rings. The molecule has 6 nitrogen and oxygen atoms in total. The van der Waals surface area contributed by atoms with Gasteiger partial charge in [0.15, 0.2) is 5.82 Å². The summed E-state index contributed by atoms with van der Waals surface area (Å²) in [5.74, 6) is 1.72. The van der Waals surface area contributed by atoms with E-state index < -0.39 is 0 Å². The molecule has 6 heteroatoms. The minimum absolute atomic E-state index is 0.281. The number of hydrogen-bond donors (Lipinski definition) is 2. The zero-order valence-electron chi connectivity index (χ0n) is 12.0. The molecule has 1 heterocycles. The van der Waals surface area contributed by atoms with Gasteiger partial charge in [-0.2, -0.15) is 5.10 Å². The van der Waals surface area contributed by atoms with Crippen molar-refractivity contribution in [2.75, 3.05) is 7.11 Å². The summed E-state index contributed by atoms with van der Waals surface area (Å²) in [6, 6.07) is 6.93. The second-order valence-corrected chi connectivity index (χ2v) is 5.16. The predicted molar refractivity (Wildman–Crippen MR) is 77.1 cm³/mol. The summed E-state index contributed by atoms with van der Waals surface area (Å²) in [5.41, 5.74) is 6.57. The summed E-state index contributed by atoms with van der Waals surface area (Å²) in [4.78, 5) is 11.9. The number of methoxy groups -OCH3 is 1. The summed E-state index contributed by atoms with van der Waals surface area (Å²) in [6.45, 7) is 4.17. The number of nitrogens with zero attached hydrogens (tertiary/aromatic N) is 2. The normalized spacial score (nSPS) is 12.7. The highest BCUT2D eigenvalue weighted by Crippen LogP contribution is 2.20. The molecule has 0 spiro atoms. The molecule has 0 saturated carbocycles. The van der Waals surface area contributed by atoms with E-state index in [-0.39, 0.29) is 11.7 Å². The monoisotopic (exact) mass is 276 g/mol. The molecule has 0 aliphatic carbocycles. The van der Waals surface area contributed by atoms with Gasteiger partial charge in [0.05, 0.1) is 18.8 Å². The van der Waals surface area contributed by atoms with Crippen LogP contribution in [0.2, 0.25) is 0 Å². The van der Waals surface area contributed by atoms with Crippen molar-refractivity contribution in [3.05, 3.63) is 40.6 Å². The quantitative estimate of drug-likeness (QED) is 0.868. The molecule has 0 bridgehead atoms. The molecule has 0 amide bonds. The molecule has 0 aliphatic rings. The Morgan fingerprint density at radius 1 is 1.35 bits per heavy atom. The molecule has 108 valence electrons. The van der Waals surface area contributed by atoms with Crippen LogP contribution >= 0.6 is 0 Å².